The van der Waals surface area contributed by atoms with Crippen molar-refractivity contribution in [2.75, 3.05) is 37.8 Å². The number of aromatic nitrogens is 1. The average Bonchev–Trinajstić information content (AvgIpc) is 2.59. The molecule has 25 heavy (non-hydrogen) atoms. The third-order valence-electron chi connectivity index (χ3n) is 3.39. The molecule has 0 aliphatic carbocycles. The molecule has 0 aliphatic rings. The number of carbonyl (C=O) groups excluding carboxylic acids is 1. The van der Waals surface area contributed by atoms with E-state index in [0.29, 0.717) is 0 Å². The van der Waals surface area contributed by atoms with Crippen molar-refractivity contribution in [1.82, 2.24) is 9.88 Å². The summed E-state index contributed by atoms with van der Waals surface area (Å²) in [5, 5.41) is 5.34. The van der Waals surface area contributed by atoms with Crippen LogP contribution in [0.4, 0.5) is 24.5 Å². The largest absolute Gasteiger partial charge is 0.384 e. The minimum absolute atomic E-state index is 0.0305. The number of amides is 1. The zero-order valence-electron chi connectivity index (χ0n) is 13.9. The van der Waals surface area contributed by atoms with Gasteiger partial charge in [-0.05, 0) is 51.3 Å². The van der Waals surface area contributed by atoms with Crippen LogP contribution in [-0.4, -0.2) is 43.0 Å². The summed E-state index contributed by atoms with van der Waals surface area (Å²) in [6.45, 7) is 1.70. The van der Waals surface area contributed by atoms with Crippen LogP contribution in [0.2, 0.25) is 0 Å². The van der Waals surface area contributed by atoms with Crippen LogP contribution in [0.5, 0.6) is 0 Å². The van der Waals surface area contributed by atoms with Gasteiger partial charge in [0.2, 0.25) is 0 Å². The lowest BCUT2D eigenvalue weighted by Crippen LogP contribution is -2.17. The molecule has 1 heterocycles. The quantitative estimate of drug-likeness (QED) is 0.594. The summed E-state index contributed by atoms with van der Waals surface area (Å²) in [5.41, 5.74) is 0.328. The summed E-state index contributed by atoms with van der Waals surface area (Å²) in [5.74, 6) is -5.13. The van der Waals surface area contributed by atoms with E-state index < -0.39 is 29.0 Å². The minimum Gasteiger partial charge on any atom is -0.384 e. The monoisotopic (exact) mass is 352 g/mol. The van der Waals surface area contributed by atoms with Crippen LogP contribution in [0.25, 0.3) is 0 Å². The van der Waals surface area contributed by atoms with Crippen LogP contribution in [-0.2, 0) is 0 Å². The van der Waals surface area contributed by atoms with Gasteiger partial charge in [0, 0.05) is 6.54 Å². The lowest BCUT2D eigenvalue weighted by molar-refractivity contribution is 0.102. The minimum atomic E-state index is -1.64. The fraction of sp³-hybridized carbons (Fsp3) is 0.294. The first kappa shape index (κ1) is 18.7. The third-order valence-corrected chi connectivity index (χ3v) is 3.39. The topological polar surface area (TPSA) is 57.3 Å². The number of benzene rings is 1. The molecule has 2 N–H and O–H groups in total. The van der Waals surface area contributed by atoms with Gasteiger partial charge in [-0.25, -0.2) is 18.2 Å². The number of halogens is 3. The van der Waals surface area contributed by atoms with Gasteiger partial charge in [-0.1, -0.05) is 0 Å². The van der Waals surface area contributed by atoms with Crippen molar-refractivity contribution in [3.8, 4) is 0 Å². The van der Waals surface area contributed by atoms with Crippen molar-refractivity contribution in [1.29, 1.82) is 0 Å². The lowest BCUT2D eigenvalue weighted by atomic mass is 10.2. The van der Waals surface area contributed by atoms with E-state index >= 15 is 0 Å². The highest BCUT2D eigenvalue weighted by Gasteiger charge is 2.16. The Bertz CT molecular complexity index is 735. The van der Waals surface area contributed by atoms with Crippen LogP contribution in [0.1, 0.15) is 16.9 Å². The summed E-state index contributed by atoms with van der Waals surface area (Å²) < 4.78 is 39.6. The molecule has 0 radical (unpaired) electrons. The summed E-state index contributed by atoms with van der Waals surface area (Å²) >= 11 is 0. The summed E-state index contributed by atoms with van der Waals surface area (Å²) in [4.78, 5) is 18.1. The van der Waals surface area contributed by atoms with Crippen molar-refractivity contribution in [2.45, 2.75) is 6.42 Å². The Kier molecular flexibility index (Phi) is 6.35. The number of carbonyl (C=O) groups is 1. The summed E-state index contributed by atoms with van der Waals surface area (Å²) in [6, 6.07) is 4.81. The van der Waals surface area contributed by atoms with Gasteiger partial charge >= 0.3 is 0 Å². The van der Waals surface area contributed by atoms with Gasteiger partial charge in [-0.2, -0.15) is 0 Å². The maximum absolute atomic E-state index is 13.6. The molecule has 0 saturated heterocycles. The summed E-state index contributed by atoms with van der Waals surface area (Å²) in [6.07, 6.45) is 2.43. The van der Waals surface area contributed by atoms with Gasteiger partial charge < -0.3 is 15.5 Å². The number of hydrogen-bond acceptors (Lipinski definition) is 4. The molecule has 0 fully saturated rings. The number of rotatable bonds is 7. The SMILES string of the molecule is CN(C)CCCNc1ccc(C(=O)Nc2ccc(F)c(F)c2F)nc1. The first-order valence-electron chi connectivity index (χ1n) is 7.68. The second-order valence-corrected chi connectivity index (χ2v) is 5.69. The molecule has 2 aromatic rings. The molecule has 134 valence electrons. The lowest BCUT2D eigenvalue weighted by Gasteiger charge is -2.11. The Hall–Kier alpha value is -2.61. The van der Waals surface area contributed by atoms with E-state index in [2.05, 4.69) is 20.5 Å². The smallest absolute Gasteiger partial charge is 0.274 e. The number of anilines is 2. The van der Waals surface area contributed by atoms with E-state index in [1.807, 2.05) is 14.1 Å². The Morgan fingerprint density at radius 1 is 1.12 bits per heavy atom. The average molecular weight is 352 g/mol. The van der Waals surface area contributed by atoms with Crippen LogP contribution >= 0.6 is 0 Å². The zero-order valence-corrected chi connectivity index (χ0v) is 13.9. The van der Waals surface area contributed by atoms with E-state index in [1.165, 1.54) is 12.3 Å². The molecule has 0 spiro atoms. The van der Waals surface area contributed by atoms with E-state index in [1.54, 1.807) is 6.07 Å². The highest BCUT2D eigenvalue weighted by Crippen LogP contribution is 2.20. The van der Waals surface area contributed by atoms with Gasteiger partial charge in [0.25, 0.3) is 5.91 Å². The highest BCUT2D eigenvalue weighted by molar-refractivity contribution is 6.03. The van der Waals surface area contributed by atoms with Crippen molar-refractivity contribution in [2.24, 2.45) is 0 Å². The first-order valence-corrected chi connectivity index (χ1v) is 7.68. The van der Waals surface area contributed by atoms with Crippen LogP contribution in [0.15, 0.2) is 30.5 Å². The van der Waals surface area contributed by atoms with Gasteiger partial charge in [-0.3, -0.25) is 4.79 Å². The molecule has 1 aromatic carbocycles. The van der Waals surface area contributed by atoms with E-state index in [4.69, 9.17) is 0 Å². The first-order chi connectivity index (χ1) is 11.9. The van der Waals surface area contributed by atoms with Gasteiger partial charge in [-0.15, -0.1) is 0 Å². The molecule has 1 aromatic heterocycles. The van der Waals surface area contributed by atoms with Crippen molar-refractivity contribution in [3.05, 3.63) is 53.6 Å². The molecule has 1 amide bonds. The third kappa shape index (κ3) is 5.18. The number of nitrogens with one attached hydrogen (secondary N) is 2. The highest BCUT2D eigenvalue weighted by atomic mass is 19.2. The molecule has 0 atom stereocenters. The zero-order chi connectivity index (χ0) is 18.4. The van der Waals surface area contributed by atoms with Gasteiger partial charge in [0.05, 0.1) is 17.6 Å². The Morgan fingerprint density at radius 3 is 2.52 bits per heavy atom. The summed E-state index contributed by atoms with van der Waals surface area (Å²) in [7, 11) is 3.98. The maximum atomic E-state index is 13.6. The van der Waals surface area contributed by atoms with Crippen LogP contribution < -0.4 is 10.6 Å². The molecule has 5 nitrogen and oxygen atoms in total. The van der Waals surface area contributed by atoms with Crippen molar-refractivity contribution >= 4 is 17.3 Å². The van der Waals surface area contributed by atoms with Crippen LogP contribution in [0, 0.1) is 17.5 Å². The van der Waals surface area contributed by atoms with E-state index in [-0.39, 0.29) is 5.69 Å². The number of hydrogen-bond donors (Lipinski definition) is 2. The standard InChI is InChI=1S/C17H19F3N4O/c1-24(2)9-3-8-21-11-4-6-14(22-10-11)17(25)23-13-7-5-12(18)15(19)16(13)20/h4-7,10,21H,3,8-9H2,1-2H3,(H,23,25). The predicted octanol–water partition coefficient (Wildman–Crippen LogP) is 3.11. The Labute approximate surface area is 143 Å². The van der Waals surface area contributed by atoms with Gasteiger partial charge in [0.1, 0.15) is 5.69 Å². The number of pyridine rings is 1. The van der Waals surface area contributed by atoms with E-state index in [9.17, 15) is 18.0 Å². The van der Waals surface area contributed by atoms with Gasteiger partial charge in [0.15, 0.2) is 17.5 Å². The Morgan fingerprint density at radius 2 is 1.88 bits per heavy atom. The van der Waals surface area contributed by atoms with E-state index in [0.717, 1.165) is 37.3 Å². The molecule has 0 unspecified atom stereocenters. The normalized spacial score (nSPS) is 10.8. The van der Waals surface area contributed by atoms with Crippen molar-refractivity contribution < 1.29 is 18.0 Å². The van der Waals surface area contributed by atoms with Crippen molar-refractivity contribution in [3.63, 3.8) is 0 Å². The molecule has 8 heteroatoms. The fourth-order valence-electron chi connectivity index (χ4n) is 2.07. The Balaban J connectivity index is 1.95. The molecular formula is C17H19F3N4O. The second-order valence-electron chi connectivity index (χ2n) is 5.69. The molecule has 0 aliphatic heterocycles. The molecule has 2 rings (SSSR count). The predicted molar refractivity (Wildman–Crippen MR) is 90.2 cm³/mol. The molecular weight excluding hydrogens is 333 g/mol. The number of nitrogens with zero attached hydrogens (tertiary/aromatic N) is 2. The maximum Gasteiger partial charge on any atom is 0.274 e. The molecule has 0 saturated carbocycles. The van der Waals surface area contributed by atoms with Crippen LogP contribution in [0.3, 0.4) is 0 Å². The fourth-order valence-corrected chi connectivity index (χ4v) is 2.07. The molecule has 0 bridgehead atoms. The second kappa shape index (κ2) is 8.48.